The van der Waals surface area contributed by atoms with Crippen LogP contribution in [0.15, 0.2) is 30.7 Å². The minimum absolute atomic E-state index is 0.262. The molecule has 2 N–H and O–H groups in total. The zero-order valence-corrected chi connectivity index (χ0v) is 22.8. The quantitative estimate of drug-likeness (QED) is 0.450. The molecule has 0 aliphatic carbocycles. The van der Waals surface area contributed by atoms with E-state index in [1.165, 1.54) is 6.26 Å². The fourth-order valence-electron chi connectivity index (χ4n) is 5.21. The maximum atomic E-state index is 11.9. The molecule has 2 aliphatic heterocycles. The summed E-state index contributed by atoms with van der Waals surface area (Å²) in [4.78, 5) is 23.1. The van der Waals surface area contributed by atoms with E-state index in [1.54, 1.807) is 13.3 Å². The van der Waals surface area contributed by atoms with Crippen molar-refractivity contribution in [3.05, 3.63) is 36.3 Å². The lowest BCUT2D eigenvalue weighted by Crippen LogP contribution is -2.49. The summed E-state index contributed by atoms with van der Waals surface area (Å²) in [7, 11) is -0.717. The number of methoxy groups -OCH3 is 1. The van der Waals surface area contributed by atoms with E-state index in [-0.39, 0.29) is 5.92 Å². The van der Waals surface area contributed by atoms with Gasteiger partial charge in [0.2, 0.25) is 5.95 Å². The van der Waals surface area contributed by atoms with Crippen LogP contribution in [0.2, 0.25) is 0 Å². The summed E-state index contributed by atoms with van der Waals surface area (Å²) in [5.74, 6) is 4.03. The van der Waals surface area contributed by atoms with Crippen molar-refractivity contribution in [2.75, 3.05) is 60.4 Å². The zero-order chi connectivity index (χ0) is 26.2. The highest BCUT2D eigenvalue weighted by atomic mass is 32.2. The van der Waals surface area contributed by atoms with Crippen molar-refractivity contribution in [2.24, 2.45) is 5.92 Å². The van der Waals surface area contributed by atoms with Gasteiger partial charge in [0.05, 0.1) is 6.10 Å². The Balaban J connectivity index is 1.37. The van der Waals surface area contributed by atoms with Gasteiger partial charge in [-0.05, 0) is 41.8 Å². The summed E-state index contributed by atoms with van der Waals surface area (Å²) in [6, 6.07) is 3.93. The van der Waals surface area contributed by atoms with Gasteiger partial charge in [-0.3, -0.25) is 8.99 Å². The molecule has 3 aromatic heterocycles. The number of piperidine rings is 1. The number of nitrogens with zero attached hydrogens (tertiary/aromatic N) is 6. The van der Waals surface area contributed by atoms with Crippen LogP contribution in [-0.4, -0.2) is 75.5 Å². The maximum Gasteiger partial charge on any atom is 0.227 e. The van der Waals surface area contributed by atoms with Gasteiger partial charge in [-0.1, -0.05) is 13.8 Å². The smallest absolute Gasteiger partial charge is 0.227 e. The van der Waals surface area contributed by atoms with Gasteiger partial charge in [0.15, 0.2) is 0 Å². The molecule has 2 aliphatic rings. The van der Waals surface area contributed by atoms with Gasteiger partial charge in [0.25, 0.3) is 0 Å². The Bertz CT molecular complexity index is 1370. The fourth-order valence-corrected chi connectivity index (χ4v) is 6.32. The Hall–Kier alpha value is -3.05. The molecule has 0 bridgehead atoms. The molecule has 2 saturated heterocycles. The number of rotatable bonds is 8. The van der Waals surface area contributed by atoms with Gasteiger partial charge in [-0.25, -0.2) is 15.0 Å². The van der Waals surface area contributed by atoms with E-state index < -0.39 is 9.73 Å². The maximum absolute atomic E-state index is 11.9. The molecule has 0 unspecified atom stereocenters. The summed E-state index contributed by atoms with van der Waals surface area (Å²) in [5, 5.41) is 5.48. The van der Waals surface area contributed by atoms with Crippen LogP contribution < -0.4 is 15.1 Å². The second-order valence-corrected chi connectivity index (χ2v) is 12.9. The average Bonchev–Trinajstić information content (AvgIpc) is 2.85. The van der Waals surface area contributed by atoms with E-state index in [0.29, 0.717) is 29.5 Å². The molecule has 11 heteroatoms. The second-order valence-electron chi connectivity index (χ2n) is 10.5. The molecule has 0 radical (unpaired) electrons. The highest BCUT2D eigenvalue weighted by molar-refractivity contribution is 7.91. The van der Waals surface area contributed by atoms with Crippen molar-refractivity contribution in [1.82, 2.24) is 19.9 Å². The Morgan fingerprint density at radius 2 is 1.86 bits per heavy atom. The minimum Gasteiger partial charge on any atom is -0.381 e. The summed E-state index contributed by atoms with van der Waals surface area (Å²) in [6.07, 6.45) is 9.38. The first-order chi connectivity index (χ1) is 17.7. The standard InChI is InChI=1S/C26H36N8O2S/c1-17(2)21-12-30-25(34-14-18(15-34)16-37(4,27)35)22-13-29-24(11-20(21)22)31-23-5-8-28-26(32-23)33-9-6-19(36-3)7-10-33/h5,8,11-13,17-19,27H,6-7,9-10,14-16H2,1-4H3,(H,28,29,31,32)/t37-/m1/s1. The van der Waals surface area contributed by atoms with Crippen molar-refractivity contribution < 1.29 is 8.95 Å². The van der Waals surface area contributed by atoms with Gasteiger partial charge in [0.1, 0.15) is 17.5 Å². The average molecular weight is 525 g/mol. The Morgan fingerprint density at radius 3 is 2.54 bits per heavy atom. The first kappa shape index (κ1) is 25.6. The first-order valence-electron chi connectivity index (χ1n) is 12.8. The number of pyridine rings is 2. The lowest BCUT2D eigenvalue weighted by atomic mass is 9.97. The van der Waals surface area contributed by atoms with E-state index in [2.05, 4.69) is 40.0 Å². The van der Waals surface area contributed by atoms with Gasteiger partial charge >= 0.3 is 0 Å². The zero-order valence-electron chi connectivity index (χ0n) is 22.0. The van der Waals surface area contributed by atoms with Crippen LogP contribution >= 0.6 is 0 Å². The first-order valence-corrected chi connectivity index (χ1v) is 15.0. The number of fused-ring (bicyclic) bond motifs is 1. The largest absolute Gasteiger partial charge is 0.381 e. The van der Waals surface area contributed by atoms with Crippen molar-refractivity contribution in [3.8, 4) is 0 Å². The molecule has 10 nitrogen and oxygen atoms in total. The molecule has 2 fully saturated rings. The molecular formula is C26H36N8O2S. The third-order valence-corrected chi connectivity index (χ3v) is 8.28. The third-order valence-electron chi connectivity index (χ3n) is 7.17. The fraction of sp³-hybridized carbons (Fsp3) is 0.538. The molecule has 198 valence electrons. The van der Waals surface area contributed by atoms with E-state index in [9.17, 15) is 4.21 Å². The lowest BCUT2D eigenvalue weighted by Gasteiger charge is -2.40. The molecule has 0 amide bonds. The van der Waals surface area contributed by atoms with E-state index >= 15 is 0 Å². The van der Waals surface area contributed by atoms with E-state index in [1.807, 2.05) is 18.5 Å². The Labute approximate surface area is 218 Å². The number of hydrogen-bond donors (Lipinski definition) is 2. The van der Waals surface area contributed by atoms with Crippen molar-refractivity contribution in [2.45, 2.75) is 38.7 Å². The van der Waals surface area contributed by atoms with Crippen LogP contribution in [0.1, 0.15) is 38.2 Å². The molecule has 37 heavy (non-hydrogen) atoms. The van der Waals surface area contributed by atoms with Crippen molar-refractivity contribution >= 4 is 43.9 Å². The van der Waals surface area contributed by atoms with Crippen LogP contribution in [-0.2, 0) is 14.5 Å². The summed E-state index contributed by atoms with van der Waals surface area (Å²) < 4.78 is 25.1. The monoisotopic (exact) mass is 524 g/mol. The van der Waals surface area contributed by atoms with Gasteiger partial charge < -0.3 is 19.9 Å². The molecular weight excluding hydrogens is 488 g/mol. The van der Waals surface area contributed by atoms with Crippen LogP contribution in [0.25, 0.3) is 10.8 Å². The van der Waals surface area contributed by atoms with E-state index in [0.717, 1.165) is 67.0 Å². The number of aromatic nitrogens is 4. The summed E-state index contributed by atoms with van der Waals surface area (Å²) >= 11 is 0. The SMILES string of the molecule is COC1CCN(c2nccc(Nc3cc4c(C(C)C)cnc(N5CC(C[S@](C)(=N)=O)C5)c4cn3)n2)CC1. The topological polar surface area (TPSA) is 120 Å². The molecule has 3 aromatic rings. The summed E-state index contributed by atoms with van der Waals surface area (Å²) in [5.41, 5.74) is 1.16. The van der Waals surface area contributed by atoms with Crippen LogP contribution in [0.4, 0.5) is 23.4 Å². The van der Waals surface area contributed by atoms with Gasteiger partial charge in [-0.2, -0.15) is 4.98 Å². The number of anilines is 4. The molecule has 1 atom stereocenters. The highest BCUT2D eigenvalue weighted by Gasteiger charge is 2.31. The number of hydrogen-bond acceptors (Lipinski definition) is 10. The van der Waals surface area contributed by atoms with Crippen molar-refractivity contribution in [3.63, 3.8) is 0 Å². The molecule has 0 aromatic carbocycles. The van der Waals surface area contributed by atoms with Gasteiger partial charge in [-0.15, -0.1) is 0 Å². The van der Waals surface area contributed by atoms with Crippen LogP contribution in [0.5, 0.6) is 0 Å². The van der Waals surface area contributed by atoms with Crippen LogP contribution in [0.3, 0.4) is 0 Å². The second kappa shape index (κ2) is 10.4. The molecule has 5 heterocycles. The Morgan fingerprint density at radius 1 is 1.11 bits per heavy atom. The number of nitrogens with one attached hydrogen (secondary N) is 2. The highest BCUT2D eigenvalue weighted by Crippen LogP contribution is 2.35. The summed E-state index contributed by atoms with van der Waals surface area (Å²) in [6.45, 7) is 7.60. The predicted octanol–water partition coefficient (Wildman–Crippen LogP) is 4.01. The van der Waals surface area contributed by atoms with Crippen LogP contribution in [0, 0.1) is 10.7 Å². The third kappa shape index (κ3) is 5.77. The molecule has 0 saturated carbocycles. The Kier molecular flexibility index (Phi) is 7.17. The van der Waals surface area contributed by atoms with Crippen molar-refractivity contribution in [1.29, 1.82) is 4.78 Å². The molecule has 0 spiro atoms. The minimum atomic E-state index is -2.49. The van der Waals surface area contributed by atoms with E-state index in [4.69, 9.17) is 24.5 Å². The molecule has 5 rings (SSSR count). The number of ether oxygens (including phenoxy) is 1. The predicted molar refractivity (Wildman–Crippen MR) is 149 cm³/mol. The lowest BCUT2D eigenvalue weighted by molar-refractivity contribution is 0.0816. The normalized spacial score (nSPS) is 18.7. The van der Waals surface area contributed by atoms with Gasteiger partial charge in [0, 0.05) is 84.9 Å².